The van der Waals surface area contributed by atoms with Crippen molar-refractivity contribution in [2.24, 2.45) is 0 Å². The lowest BCUT2D eigenvalue weighted by molar-refractivity contribution is 0.0696. The molecule has 0 fully saturated rings. The highest BCUT2D eigenvalue weighted by Crippen LogP contribution is 2.49. The van der Waals surface area contributed by atoms with Gasteiger partial charge in [0.15, 0.2) is 5.78 Å². The van der Waals surface area contributed by atoms with Crippen LogP contribution in [0.5, 0.6) is 0 Å². The summed E-state index contributed by atoms with van der Waals surface area (Å²) in [4.78, 5) is 26.6. The molecule has 0 aromatic heterocycles. The average Bonchev–Trinajstić information content (AvgIpc) is 2.88. The summed E-state index contributed by atoms with van der Waals surface area (Å²) in [7, 11) is 4.07. The third-order valence-electron chi connectivity index (χ3n) is 7.72. The Bertz CT molecular complexity index is 1360. The maximum atomic E-state index is 13.4. The fourth-order valence-corrected chi connectivity index (χ4v) is 5.19. The Hall–Kier alpha value is -3.86. The van der Waals surface area contributed by atoms with Gasteiger partial charge in [0.25, 0.3) is 0 Å². The molecule has 0 atom stereocenters. The zero-order chi connectivity index (χ0) is 27.7. The number of rotatable bonds is 8. The normalized spacial score (nSPS) is 15.6. The molecule has 1 aliphatic carbocycles. The molecule has 1 aliphatic rings. The Balaban J connectivity index is 1.67. The first-order valence-corrected chi connectivity index (χ1v) is 13.1. The van der Waals surface area contributed by atoms with E-state index in [1.54, 1.807) is 36.4 Å². The lowest BCUT2D eigenvalue weighted by Crippen LogP contribution is -2.35. The number of nitrogens with one attached hydrogen (secondary N) is 1. The van der Waals surface area contributed by atoms with Gasteiger partial charge in [-0.25, -0.2) is 4.79 Å². The summed E-state index contributed by atoms with van der Waals surface area (Å²) < 4.78 is 0. The molecule has 0 aliphatic heterocycles. The van der Waals surface area contributed by atoms with Crippen LogP contribution in [-0.2, 0) is 17.4 Å². The molecule has 0 radical (unpaired) electrons. The molecule has 0 unspecified atom stereocenters. The van der Waals surface area contributed by atoms with Gasteiger partial charge in [0, 0.05) is 37.6 Å². The Morgan fingerprint density at radius 1 is 0.895 bits per heavy atom. The van der Waals surface area contributed by atoms with Crippen molar-refractivity contribution in [2.45, 2.75) is 57.9 Å². The van der Waals surface area contributed by atoms with Gasteiger partial charge in [-0.1, -0.05) is 58.0 Å². The summed E-state index contributed by atoms with van der Waals surface area (Å²) in [6, 6.07) is 19.1. The number of anilines is 2. The second kappa shape index (κ2) is 10.5. The predicted octanol–water partition coefficient (Wildman–Crippen LogP) is 7.31. The Morgan fingerprint density at radius 3 is 2.13 bits per heavy atom. The topological polar surface area (TPSA) is 69.6 Å². The maximum Gasteiger partial charge on any atom is 0.335 e. The molecule has 198 valence electrons. The molecular formula is C33H38N2O3. The van der Waals surface area contributed by atoms with Crippen LogP contribution >= 0.6 is 0 Å². The van der Waals surface area contributed by atoms with Crippen molar-refractivity contribution in [3.8, 4) is 0 Å². The van der Waals surface area contributed by atoms with Crippen LogP contribution in [0.3, 0.4) is 0 Å². The molecule has 2 N–H and O–H groups in total. The summed E-state index contributed by atoms with van der Waals surface area (Å²) in [5.74, 6) is -1.04. The minimum Gasteiger partial charge on any atom is -0.478 e. The van der Waals surface area contributed by atoms with Crippen LogP contribution in [0, 0.1) is 0 Å². The Labute approximate surface area is 226 Å². The van der Waals surface area contributed by atoms with Gasteiger partial charge < -0.3 is 15.3 Å². The first kappa shape index (κ1) is 27.2. The zero-order valence-electron chi connectivity index (χ0n) is 23.3. The fraction of sp³-hybridized carbons (Fsp3) is 0.333. The van der Waals surface area contributed by atoms with Gasteiger partial charge in [-0.2, -0.15) is 0 Å². The molecule has 0 amide bonds. The number of benzene rings is 3. The van der Waals surface area contributed by atoms with Crippen LogP contribution in [0.2, 0.25) is 0 Å². The number of fused-ring (bicyclic) bond motifs is 1. The molecule has 0 saturated heterocycles. The van der Waals surface area contributed by atoms with Crippen molar-refractivity contribution >= 4 is 29.2 Å². The molecule has 38 heavy (non-hydrogen) atoms. The van der Waals surface area contributed by atoms with E-state index >= 15 is 0 Å². The molecule has 5 nitrogen and oxygen atoms in total. The smallest absolute Gasteiger partial charge is 0.335 e. The first-order chi connectivity index (χ1) is 17.9. The van der Waals surface area contributed by atoms with E-state index in [0.717, 1.165) is 29.8 Å². The van der Waals surface area contributed by atoms with Crippen LogP contribution in [0.25, 0.3) is 6.08 Å². The number of aromatic carboxylic acids is 1. The number of ketones is 1. The largest absolute Gasteiger partial charge is 0.478 e. The van der Waals surface area contributed by atoms with Gasteiger partial charge in [0.05, 0.1) is 5.56 Å². The third-order valence-corrected chi connectivity index (χ3v) is 7.72. The summed E-state index contributed by atoms with van der Waals surface area (Å²) in [6.45, 7) is 9.78. The molecule has 0 spiro atoms. The zero-order valence-corrected chi connectivity index (χ0v) is 23.3. The second-order valence-corrected chi connectivity index (χ2v) is 11.8. The SMILES string of the molecule is CN(C)c1ccc(CNc2cc(C(=O)/C=C/c3ccc(C(=O)O)cc3)cc3c2C(C)(C)CCC3(C)C)cc1. The number of carbonyl (C=O) groups excluding carboxylic acids is 1. The lowest BCUT2D eigenvalue weighted by Gasteiger charge is -2.43. The summed E-state index contributed by atoms with van der Waals surface area (Å²) in [6.07, 6.45) is 5.45. The van der Waals surface area contributed by atoms with Gasteiger partial charge in [-0.05, 0) is 88.4 Å². The van der Waals surface area contributed by atoms with Crippen molar-refractivity contribution in [2.75, 3.05) is 24.3 Å². The second-order valence-electron chi connectivity index (χ2n) is 11.8. The van der Waals surface area contributed by atoms with Crippen LogP contribution < -0.4 is 10.2 Å². The maximum absolute atomic E-state index is 13.4. The van der Waals surface area contributed by atoms with Crippen molar-refractivity contribution in [1.29, 1.82) is 0 Å². The van der Waals surface area contributed by atoms with Gasteiger partial charge in [-0.15, -0.1) is 0 Å². The van der Waals surface area contributed by atoms with Crippen molar-refractivity contribution in [1.82, 2.24) is 0 Å². The Morgan fingerprint density at radius 2 is 1.53 bits per heavy atom. The van der Waals surface area contributed by atoms with Gasteiger partial charge in [0.1, 0.15) is 0 Å². The van der Waals surface area contributed by atoms with Crippen molar-refractivity contribution in [3.63, 3.8) is 0 Å². The molecule has 0 heterocycles. The van der Waals surface area contributed by atoms with E-state index in [4.69, 9.17) is 5.11 Å². The lowest BCUT2D eigenvalue weighted by atomic mass is 9.62. The number of nitrogens with zero attached hydrogens (tertiary/aromatic N) is 1. The standard InChI is InChI=1S/C33H38N2O3/c1-32(2)17-18-33(3,4)30-27(32)19-25(29(36)16-11-22-7-12-24(13-8-22)31(37)38)20-28(30)34-21-23-9-14-26(15-10-23)35(5)6/h7-16,19-20,34H,17-18,21H2,1-6H3,(H,37,38)/b16-11+. The third kappa shape index (κ3) is 5.83. The molecule has 3 aromatic carbocycles. The number of hydrogen-bond acceptors (Lipinski definition) is 4. The molecule has 3 aromatic rings. The van der Waals surface area contributed by atoms with Crippen LogP contribution in [0.15, 0.2) is 66.7 Å². The van der Waals surface area contributed by atoms with E-state index in [9.17, 15) is 9.59 Å². The van der Waals surface area contributed by atoms with E-state index in [1.807, 2.05) is 20.2 Å². The molecule has 4 rings (SSSR count). The minimum atomic E-state index is -0.968. The van der Waals surface area contributed by atoms with Crippen LogP contribution in [-0.4, -0.2) is 31.0 Å². The first-order valence-electron chi connectivity index (χ1n) is 13.1. The Kier molecular flexibility index (Phi) is 7.50. The summed E-state index contributed by atoms with van der Waals surface area (Å²) in [5, 5.41) is 12.8. The monoisotopic (exact) mass is 510 g/mol. The highest BCUT2D eigenvalue weighted by molar-refractivity contribution is 6.07. The number of carboxylic acids is 1. The quantitative estimate of drug-likeness (QED) is 0.246. The minimum absolute atomic E-state index is 0.00866. The van der Waals surface area contributed by atoms with E-state index < -0.39 is 5.97 Å². The number of carboxylic acid groups (broad SMARTS) is 1. The predicted molar refractivity (Wildman–Crippen MR) is 157 cm³/mol. The molecule has 5 heteroatoms. The van der Waals surface area contributed by atoms with Crippen molar-refractivity contribution in [3.05, 3.63) is 100 Å². The van der Waals surface area contributed by atoms with E-state index in [2.05, 4.69) is 68.2 Å². The van der Waals surface area contributed by atoms with E-state index in [0.29, 0.717) is 12.1 Å². The summed E-state index contributed by atoms with van der Waals surface area (Å²) in [5.41, 5.74) is 7.48. The average molecular weight is 511 g/mol. The highest BCUT2D eigenvalue weighted by Gasteiger charge is 2.39. The molecule has 0 bridgehead atoms. The van der Waals surface area contributed by atoms with Crippen molar-refractivity contribution < 1.29 is 14.7 Å². The number of carbonyl (C=O) groups is 2. The van der Waals surface area contributed by atoms with Gasteiger partial charge >= 0.3 is 5.97 Å². The summed E-state index contributed by atoms with van der Waals surface area (Å²) >= 11 is 0. The fourth-order valence-electron chi connectivity index (χ4n) is 5.19. The molecule has 0 saturated carbocycles. The molecular weight excluding hydrogens is 472 g/mol. The highest BCUT2D eigenvalue weighted by atomic mass is 16.4. The van der Waals surface area contributed by atoms with E-state index in [-0.39, 0.29) is 22.2 Å². The van der Waals surface area contributed by atoms with E-state index in [1.165, 1.54) is 16.7 Å². The van der Waals surface area contributed by atoms with Gasteiger partial charge in [0.2, 0.25) is 0 Å². The van der Waals surface area contributed by atoms with Gasteiger partial charge in [-0.3, -0.25) is 4.79 Å². The number of hydrogen-bond donors (Lipinski definition) is 2. The van der Waals surface area contributed by atoms with Crippen LogP contribution in [0.1, 0.15) is 83.5 Å². The number of allylic oxidation sites excluding steroid dienone is 1. The van der Waals surface area contributed by atoms with Crippen LogP contribution in [0.4, 0.5) is 11.4 Å².